The SMILES string of the molecule is CCOC(=O)COc1cccc(CCN(Cc2ccccc2)S(=O)(=O)c2cccc(Cl)c2)c1. The van der Waals surface area contributed by atoms with Crippen LogP contribution in [-0.2, 0) is 32.5 Å². The molecule has 3 aromatic carbocycles. The molecule has 3 aromatic rings. The van der Waals surface area contributed by atoms with E-state index in [1.54, 1.807) is 37.3 Å². The molecule has 0 aromatic heterocycles. The Morgan fingerprint density at radius 3 is 2.39 bits per heavy atom. The third-order valence-corrected chi connectivity index (χ3v) is 6.92. The molecule has 33 heavy (non-hydrogen) atoms. The molecule has 0 spiro atoms. The van der Waals surface area contributed by atoms with Gasteiger partial charge in [0.05, 0.1) is 11.5 Å². The maximum Gasteiger partial charge on any atom is 0.344 e. The normalized spacial score (nSPS) is 11.4. The molecule has 174 valence electrons. The zero-order valence-corrected chi connectivity index (χ0v) is 19.9. The van der Waals surface area contributed by atoms with E-state index in [4.69, 9.17) is 21.1 Å². The maximum absolute atomic E-state index is 13.4. The molecule has 0 aliphatic carbocycles. The number of halogens is 1. The summed E-state index contributed by atoms with van der Waals surface area (Å²) in [6.45, 7) is 2.33. The van der Waals surface area contributed by atoms with Crippen LogP contribution < -0.4 is 4.74 Å². The third kappa shape index (κ3) is 7.32. The van der Waals surface area contributed by atoms with E-state index in [0.717, 1.165) is 11.1 Å². The zero-order chi connectivity index (χ0) is 23.7. The lowest BCUT2D eigenvalue weighted by atomic mass is 10.1. The molecule has 0 fully saturated rings. The average Bonchev–Trinajstić information content (AvgIpc) is 2.81. The molecule has 0 heterocycles. The van der Waals surface area contributed by atoms with Crippen LogP contribution in [0.4, 0.5) is 0 Å². The van der Waals surface area contributed by atoms with Crippen molar-refractivity contribution in [3.05, 3.63) is 95.0 Å². The van der Waals surface area contributed by atoms with Crippen molar-refractivity contribution in [1.29, 1.82) is 0 Å². The van der Waals surface area contributed by atoms with Crippen molar-refractivity contribution in [2.24, 2.45) is 0 Å². The molecule has 0 atom stereocenters. The number of hydrogen-bond acceptors (Lipinski definition) is 5. The van der Waals surface area contributed by atoms with E-state index in [-0.39, 0.29) is 24.6 Å². The molecule has 6 nitrogen and oxygen atoms in total. The highest BCUT2D eigenvalue weighted by molar-refractivity contribution is 7.89. The molecular formula is C25H26ClNO5S. The van der Waals surface area contributed by atoms with Crippen LogP contribution in [0.5, 0.6) is 5.75 Å². The fraction of sp³-hybridized carbons (Fsp3) is 0.240. The predicted octanol–water partition coefficient (Wildman–Crippen LogP) is 4.72. The van der Waals surface area contributed by atoms with Gasteiger partial charge in [0.25, 0.3) is 0 Å². The molecule has 0 amide bonds. The van der Waals surface area contributed by atoms with E-state index in [0.29, 0.717) is 23.8 Å². The Hall–Kier alpha value is -2.87. The third-order valence-electron chi connectivity index (χ3n) is 4.85. The molecule has 0 aliphatic rings. The smallest absolute Gasteiger partial charge is 0.344 e. The van der Waals surface area contributed by atoms with E-state index < -0.39 is 16.0 Å². The first-order valence-electron chi connectivity index (χ1n) is 10.6. The van der Waals surface area contributed by atoms with Crippen LogP contribution in [0.2, 0.25) is 5.02 Å². The molecule has 8 heteroatoms. The number of ether oxygens (including phenoxy) is 2. The number of benzene rings is 3. The Bertz CT molecular complexity index is 1170. The van der Waals surface area contributed by atoms with Crippen LogP contribution >= 0.6 is 11.6 Å². The minimum atomic E-state index is -3.77. The Kier molecular flexibility index (Phi) is 8.88. The van der Waals surface area contributed by atoms with Gasteiger partial charge in [-0.05, 0) is 54.8 Å². The Labute approximate surface area is 199 Å². The summed E-state index contributed by atoms with van der Waals surface area (Å²) in [7, 11) is -3.77. The van der Waals surface area contributed by atoms with Gasteiger partial charge >= 0.3 is 5.97 Å². The number of carbonyl (C=O) groups excluding carboxylic acids is 1. The highest BCUT2D eigenvalue weighted by atomic mass is 35.5. The molecule has 0 radical (unpaired) electrons. The molecule has 0 N–H and O–H groups in total. The standard InChI is InChI=1S/C25H26ClNO5S/c1-2-31-25(28)19-32-23-12-6-10-20(16-23)14-15-27(18-21-8-4-3-5-9-21)33(29,30)24-13-7-11-22(26)17-24/h3-13,16-17H,2,14-15,18-19H2,1H3. The monoisotopic (exact) mass is 487 g/mol. The lowest BCUT2D eigenvalue weighted by Crippen LogP contribution is -2.32. The highest BCUT2D eigenvalue weighted by Crippen LogP contribution is 2.23. The summed E-state index contributed by atoms with van der Waals surface area (Å²) in [5, 5.41) is 0.363. The second-order valence-corrected chi connectivity index (χ2v) is 9.65. The van der Waals surface area contributed by atoms with Crippen LogP contribution in [0.3, 0.4) is 0 Å². The van der Waals surface area contributed by atoms with Gasteiger partial charge in [0, 0.05) is 18.1 Å². The van der Waals surface area contributed by atoms with Gasteiger partial charge in [-0.1, -0.05) is 60.1 Å². The number of hydrogen-bond donors (Lipinski definition) is 0. The summed E-state index contributed by atoms with van der Waals surface area (Å²) in [5.41, 5.74) is 1.77. The van der Waals surface area contributed by atoms with Gasteiger partial charge in [-0.2, -0.15) is 4.31 Å². The van der Waals surface area contributed by atoms with E-state index in [1.807, 2.05) is 42.5 Å². The summed E-state index contributed by atoms with van der Waals surface area (Å²) in [6.07, 6.45) is 0.462. The summed E-state index contributed by atoms with van der Waals surface area (Å²) < 4.78 is 38.6. The average molecular weight is 488 g/mol. The van der Waals surface area contributed by atoms with Gasteiger partial charge in [-0.3, -0.25) is 0 Å². The van der Waals surface area contributed by atoms with Crippen LogP contribution in [0.15, 0.2) is 83.8 Å². The van der Waals surface area contributed by atoms with Gasteiger partial charge in [0.15, 0.2) is 6.61 Å². The lowest BCUT2D eigenvalue weighted by molar-refractivity contribution is -0.145. The number of esters is 1. The van der Waals surface area contributed by atoms with Crippen molar-refractivity contribution < 1.29 is 22.7 Å². The van der Waals surface area contributed by atoms with Crippen molar-refractivity contribution in [1.82, 2.24) is 4.31 Å². The van der Waals surface area contributed by atoms with Gasteiger partial charge in [-0.15, -0.1) is 0 Å². The minimum Gasteiger partial charge on any atom is -0.482 e. The summed E-state index contributed by atoms with van der Waals surface area (Å²) >= 11 is 6.05. The second kappa shape index (κ2) is 11.8. The van der Waals surface area contributed by atoms with Crippen molar-refractivity contribution in [3.8, 4) is 5.75 Å². The number of sulfonamides is 1. The number of nitrogens with zero attached hydrogens (tertiary/aromatic N) is 1. The van der Waals surface area contributed by atoms with Gasteiger partial charge in [-0.25, -0.2) is 13.2 Å². The molecule has 0 saturated heterocycles. The predicted molar refractivity (Wildman–Crippen MR) is 128 cm³/mol. The topological polar surface area (TPSA) is 72.9 Å². The van der Waals surface area contributed by atoms with Gasteiger partial charge in [0.2, 0.25) is 10.0 Å². The van der Waals surface area contributed by atoms with E-state index in [9.17, 15) is 13.2 Å². The molecule has 0 bridgehead atoms. The summed E-state index contributed by atoms with van der Waals surface area (Å²) in [5.74, 6) is 0.0809. The van der Waals surface area contributed by atoms with E-state index in [1.165, 1.54) is 10.4 Å². The van der Waals surface area contributed by atoms with Crippen LogP contribution in [0, 0.1) is 0 Å². The van der Waals surface area contributed by atoms with Crippen LogP contribution in [-0.4, -0.2) is 38.5 Å². The molecular weight excluding hydrogens is 462 g/mol. The summed E-state index contributed by atoms with van der Waals surface area (Å²) in [4.78, 5) is 11.7. The Morgan fingerprint density at radius 1 is 0.939 bits per heavy atom. The Balaban J connectivity index is 1.77. The van der Waals surface area contributed by atoms with Gasteiger partial charge in [0.1, 0.15) is 5.75 Å². The molecule has 0 saturated carbocycles. The van der Waals surface area contributed by atoms with Crippen LogP contribution in [0.1, 0.15) is 18.1 Å². The quantitative estimate of drug-likeness (QED) is 0.366. The van der Waals surface area contributed by atoms with Crippen molar-refractivity contribution in [2.45, 2.75) is 24.8 Å². The first-order valence-corrected chi connectivity index (χ1v) is 12.4. The van der Waals surface area contributed by atoms with E-state index in [2.05, 4.69) is 0 Å². The Morgan fingerprint density at radius 2 is 1.67 bits per heavy atom. The first-order chi connectivity index (χ1) is 15.9. The van der Waals surface area contributed by atoms with Gasteiger partial charge < -0.3 is 9.47 Å². The van der Waals surface area contributed by atoms with Crippen molar-refractivity contribution in [3.63, 3.8) is 0 Å². The zero-order valence-electron chi connectivity index (χ0n) is 18.3. The lowest BCUT2D eigenvalue weighted by Gasteiger charge is -2.23. The molecule has 3 rings (SSSR count). The minimum absolute atomic E-state index is 0.150. The molecule has 0 unspecified atom stereocenters. The maximum atomic E-state index is 13.4. The fourth-order valence-electron chi connectivity index (χ4n) is 3.24. The number of carbonyl (C=O) groups is 1. The summed E-state index contributed by atoms with van der Waals surface area (Å²) in [6, 6.07) is 22.9. The van der Waals surface area contributed by atoms with Crippen LogP contribution in [0.25, 0.3) is 0 Å². The largest absolute Gasteiger partial charge is 0.482 e. The fourth-order valence-corrected chi connectivity index (χ4v) is 4.97. The highest BCUT2D eigenvalue weighted by Gasteiger charge is 2.25. The first kappa shape index (κ1) is 24.8. The number of rotatable bonds is 11. The van der Waals surface area contributed by atoms with E-state index >= 15 is 0 Å². The molecule has 0 aliphatic heterocycles. The van der Waals surface area contributed by atoms with Crippen molar-refractivity contribution in [2.75, 3.05) is 19.8 Å². The van der Waals surface area contributed by atoms with Crippen molar-refractivity contribution >= 4 is 27.6 Å². The second-order valence-electron chi connectivity index (χ2n) is 7.27.